The van der Waals surface area contributed by atoms with E-state index in [9.17, 15) is 4.79 Å². The van der Waals surface area contributed by atoms with Crippen LogP contribution in [0.15, 0.2) is 54.7 Å². The lowest BCUT2D eigenvalue weighted by atomic mass is 10.1. The third-order valence-corrected chi connectivity index (χ3v) is 4.25. The SMILES string of the molecule is CN(C)C(=O)c1ccc(-c2cnc(N)c(-c3nc4ccccc4[nH]3)n2)cc1. The lowest BCUT2D eigenvalue weighted by Gasteiger charge is -2.10. The predicted molar refractivity (Wildman–Crippen MR) is 105 cm³/mol. The zero-order valence-corrected chi connectivity index (χ0v) is 15.0. The molecule has 134 valence electrons. The molecule has 0 saturated heterocycles. The highest BCUT2D eigenvalue weighted by Gasteiger charge is 2.14. The second kappa shape index (κ2) is 6.53. The maximum absolute atomic E-state index is 12.0. The van der Waals surface area contributed by atoms with Gasteiger partial charge >= 0.3 is 0 Å². The van der Waals surface area contributed by atoms with Crippen molar-refractivity contribution in [1.82, 2.24) is 24.8 Å². The minimum absolute atomic E-state index is 0.0482. The van der Waals surface area contributed by atoms with Crippen molar-refractivity contribution in [2.24, 2.45) is 0 Å². The summed E-state index contributed by atoms with van der Waals surface area (Å²) < 4.78 is 0. The van der Waals surface area contributed by atoms with E-state index in [0.29, 0.717) is 28.6 Å². The fraction of sp³-hybridized carbons (Fsp3) is 0.100. The Labute approximate surface area is 155 Å². The third-order valence-electron chi connectivity index (χ3n) is 4.25. The van der Waals surface area contributed by atoms with Gasteiger partial charge in [-0.15, -0.1) is 0 Å². The molecule has 0 aliphatic rings. The topological polar surface area (TPSA) is 101 Å². The average Bonchev–Trinajstić information content (AvgIpc) is 3.12. The summed E-state index contributed by atoms with van der Waals surface area (Å²) in [6, 6.07) is 15.0. The summed E-state index contributed by atoms with van der Waals surface area (Å²) in [5.74, 6) is 0.826. The first-order valence-electron chi connectivity index (χ1n) is 8.42. The van der Waals surface area contributed by atoms with E-state index in [4.69, 9.17) is 5.73 Å². The predicted octanol–water partition coefficient (Wildman–Crippen LogP) is 2.97. The van der Waals surface area contributed by atoms with Gasteiger partial charge in [0.2, 0.25) is 0 Å². The average molecular weight is 358 g/mol. The van der Waals surface area contributed by atoms with Crippen LogP contribution in [0, 0.1) is 0 Å². The standard InChI is InChI=1S/C20H18N6O/c1-26(2)20(27)13-9-7-12(8-10-13)16-11-22-18(21)17(23-16)19-24-14-5-3-4-6-15(14)25-19/h3-11H,1-2H3,(H2,21,22)(H,24,25). The minimum atomic E-state index is -0.0482. The van der Waals surface area contributed by atoms with Gasteiger partial charge in [-0.2, -0.15) is 0 Å². The molecule has 27 heavy (non-hydrogen) atoms. The number of benzene rings is 2. The number of carbonyl (C=O) groups excluding carboxylic acids is 1. The number of nitrogen functional groups attached to an aromatic ring is 1. The Balaban J connectivity index is 1.73. The van der Waals surface area contributed by atoms with Gasteiger partial charge in [-0.3, -0.25) is 4.79 Å². The Morgan fingerprint density at radius 1 is 1.04 bits per heavy atom. The summed E-state index contributed by atoms with van der Waals surface area (Å²) in [6.45, 7) is 0. The number of rotatable bonds is 3. The van der Waals surface area contributed by atoms with Gasteiger partial charge < -0.3 is 15.6 Å². The molecule has 0 unspecified atom stereocenters. The number of nitrogens with zero attached hydrogens (tertiary/aromatic N) is 4. The second-order valence-electron chi connectivity index (χ2n) is 6.37. The Morgan fingerprint density at radius 3 is 2.48 bits per heavy atom. The number of nitrogens with two attached hydrogens (primary N) is 1. The molecule has 0 aliphatic carbocycles. The van der Waals surface area contributed by atoms with E-state index in [1.54, 1.807) is 32.4 Å². The molecular weight excluding hydrogens is 340 g/mol. The molecule has 0 saturated carbocycles. The molecule has 1 amide bonds. The van der Waals surface area contributed by atoms with Crippen molar-refractivity contribution < 1.29 is 4.79 Å². The number of anilines is 1. The van der Waals surface area contributed by atoms with Crippen LogP contribution in [0.3, 0.4) is 0 Å². The zero-order valence-electron chi connectivity index (χ0n) is 15.0. The number of aromatic nitrogens is 4. The van der Waals surface area contributed by atoms with E-state index in [-0.39, 0.29) is 5.91 Å². The van der Waals surface area contributed by atoms with E-state index in [1.807, 2.05) is 36.4 Å². The Morgan fingerprint density at radius 2 is 1.78 bits per heavy atom. The number of nitrogens with one attached hydrogen (secondary N) is 1. The van der Waals surface area contributed by atoms with Gasteiger partial charge in [0.15, 0.2) is 11.6 Å². The lowest BCUT2D eigenvalue weighted by molar-refractivity contribution is 0.0827. The van der Waals surface area contributed by atoms with Crippen molar-refractivity contribution in [2.75, 3.05) is 19.8 Å². The van der Waals surface area contributed by atoms with Gasteiger partial charge in [-0.25, -0.2) is 15.0 Å². The summed E-state index contributed by atoms with van der Waals surface area (Å²) in [5.41, 5.74) is 10.4. The van der Waals surface area contributed by atoms with E-state index in [1.165, 1.54) is 4.90 Å². The first-order chi connectivity index (χ1) is 13.0. The molecule has 0 fully saturated rings. The van der Waals surface area contributed by atoms with E-state index >= 15 is 0 Å². The maximum atomic E-state index is 12.0. The van der Waals surface area contributed by atoms with Crippen LogP contribution in [0.25, 0.3) is 33.8 Å². The first-order valence-corrected chi connectivity index (χ1v) is 8.42. The lowest BCUT2D eigenvalue weighted by Crippen LogP contribution is -2.21. The quantitative estimate of drug-likeness (QED) is 0.586. The molecule has 0 aliphatic heterocycles. The first kappa shape index (κ1) is 16.7. The normalized spacial score (nSPS) is 10.9. The van der Waals surface area contributed by atoms with Crippen molar-refractivity contribution in [3.63, 3.8) is 0 Å². The van der Waals surface area contributed by atoms with E-state index in [0.717, 1.165) is 16.6 Å². The van der Waals surface area contributed by atoms with Crippen molar-refractivity contribution in [1.29, 1.82) is 0 Å². The van der Waals surface area contributed by atoms with Crippen LogP contribution in [-0.2, 0) is 0 Å². The fourth-order valence-corrected chi connectivity index (χ4v) is 2.82. The third kappa shape index (κ3) is 3.10. The van der Waals surface area contributed by atoms with Crippen LogP contribution in [0.5, 0.6) is 0 Å². The fourth-order valence-electron chi connectivity index (χ4n) is 2.82. The second-order valence-corrected chi connectivity index (χ2v) is 6.37. The van der Waals surface area contributed by atoms with Crippen molar-refractivity contribution in [3.05, 3.63) is 60.3 Å². The highest BCUT2D eigenvalue weighted by Crippen LogP contribution is 2.26. The maximum Gasteiger partial charge on any atom is 0.253 e. The number of para-hydroxylation sites is 2. The molecule has 7 heteroatoms. The summed E-state index contributed by atoms with van der Waals surface area (Å²) in [7, 11) is 3.45. The number of carbonyl (C=O) groups is 1. The van der Waals surface area contributed by atoms with E-state index < -0.39 is 0 Å². The van der Waals surface area contributed by atoms with Crippen LogP contribution in [0.1, 0.15) is 10.4 Å². The zero-order chi connectivity index (χ0) is 19.0. The summed E-state index contributed by atoms with van der Waals surface area (Å²) in [4.78, 5) is 30.2. The van der Waals surface area contributed by atoms with Gasteiger partial charge in [-0.05, 0) is 24.3 Å². The smallest absolute Gasteiger partial charge is 0.253 e. The monoisotopic (exact) mass is 358 g/mol. The summed E-state index contributed by atoms with van der Waals surface area (Å²) >= 11 is 0. The number of hydrogen-bond acceptors (Lipinski definition) is 5. The van der Waals surface area contributed by atoms with Gasteiger partial charge in [0.1, 0.15) is 5.69 Å². The van der Waals surface area contributed by atoms with Gasteiger partial charge in [0.25, 0.3) is 5.91 Å². The van der Waals surface area contributed by atoms with Crippen molar-refractivity contribution in [2.45, 2.75) is 0 Å². The van der Waals surface area contributed by atoms with Crippen LogP contribution in [-0.4, -0.2) is 44.8 Å². The Hall–Kier alpha value is -3.74. The largest absolute Gasteiger partial charge is 0.382 e. The minimum Gasteiger partial charge on any atom is -0.382 e. The van der Waals surface area contributed by atoms with Crippen molar-refractivity contribution in [3.8, 4) is 22.8 Å². The molecular formula is C20H18N6O. The molecule has 2 aromatic heterocycles. The van der Waals surface area contributed by atoms with Crippen LogP contribution >= 0.6 is 0 Å². The number of aromatic amines is 1. The van der Waals surface area contributed by atoms with Gasteiger partial charge in [0, 0.05) is 25.2 Å². The highest BCUT2D eigenvalue weighted by atomic mass is 16.2. The van der Waals surface area contributed by atoms with Crippen LogP contribution in [0.2, 0.25) is 0 Å². The summed E-state index contributed by atoms with van der Waals surface area (Å²) in [5, 5.41) is 0. The molecule has 0 radical (unpaired) electrons. The molecule has 0 bridgehead atoms. The molecule has 3 N–H and O–H groups in total. The molecule has 2 heterocycles. The number of imidazole rings is 1. The van der Waals surface area contributed by atoms with Crippen LogP contribution < -0.4 is 5.73 Å². The van der Waals surface area contributed by atoms with Gasteiger partial charge in [-0.1, -0.05) is 24.3 Å². The summed E-state index contributed by atoms with van der Waals surface area (Å²) in [6.07, 6.45) is 1.62. The number of hydrogen-bond donors (Lipinski definition) is 2. The number of amides is 1. The highest BCUT2D eigenvalue weighted by molar-refractivity contribution is 5.94. The molecule has 0 atom stereocenters. The molecule has 7 nitrogen and oxygen atoms in total. The number of fused-ring (bicyclic) bond motifs is 1. The van der Waals surface area contributed by atoms with E-state index in [2.05, 4.69) is 19.9 Å². The molecule has 4 aromatic rings. The van der Waals surface area contributed by atoms with Crippen LogP contribution in [0.4, 0.5) is 5.82 Å². The Kier molecular flexibility index (Phi) is 4.04. The van der Waals surface area contributed by atoms with Gasteiger partial charge in [0.05, 0.1) is 22.9 Å². The van der Waals surface area contributed by atoms with Crippen molar-refractivity contribution >= 4 is 22.8 Å². The molecule has 4 rings (SSSR count). The Bertz CT molecular complexity index is 1100. The molecule has 0 spiro atoms. The molecule has 2 aromatic carbocycles. The number of H-pyrrole nitrogens is 1.